The summed E-state index contributed by atoms with van der Waals surface area (Å²) in [7, 11) is 0. The Bertz CT molecular complexity index is 614. The Hall–Kier alpha value is -0.750. The Labute approximate surface area is 131 Å². The molecule has 0 amide bonds. The van der Waals surface area contributed by atoms with E-state index in [0.29, 0.717) is 15.9 Å². The van der Waals surface area contributed by atoms with Crippen LogP contribution in [0.25, 0.3) is 11.0 Å². The molecule has 2 rings (SSSR count). The normalized spacial score (nSPS) is 12.2. The second kappa shape index (κ2) is 5.93. The van der Waals surface area contributed by atoms with Crippen LogP contribution in [0.15, 0.2) is 16.6 Å². The van der Waals surface area contributed by atoms with Gasteiger partial charge in [0, 0.05) is 17.4 Å². The number of imidazole rings is 1. The second-order valence-corrected chi connectivity index (χ2v) is 7.03. The number of hydrogen-bond acceptors (Lipinski definition) is 3. The average Bonchev–Trinajstić information content (AvgIpc) is 2.72. The van der Waals surface area contributed by atoms with E-state index in [-0.39, 0.29) is 10.6 Å². The summed E-state index contributed by atoms with van der Waals surface area (Å²) in [6, 6.07) is 3.18. The first-order chi connectivity index (χ1) is 9.46. The molecule has 0 fully saturated rings. The molecular weight excluding hydrogens is 341 g/mol. The summed E-state index contributed by atoms with van der Waals surface area (Å²) in [5.74, 6) is 0.127. The molecule has 3 nitrogen and oxygen atoms in total. The van der Waals surface area contributed by atoms with E-state index < -0.39 is 0 Å². The van der Waals surface area contributed by atoms with Crippen molar-refractivity contribution in [3.8, 4) is 0 Å². The van der Waals surface area contributed by atoms with Crippen LogP contribution in [0.3, 0.4) is 0 Å². The van der Waals surface area contributed by atoms with E-state index in [1.54, 1.807) is 6.07 Å². The van der Waals surface area contributed by atoms with Crippen molar-refractivity contribution in [1.82, 2.24) is 9.55 Å². The molecule has 0 bridgehead atoms. The van der Waals surface area contributed by atoms with Crippen LogP contribution in [0.4, 0.5) is 10.3 Å². The molecule has 6 heteroatoms. The minimum absolute atomic E-state index is 0.128. The lowest BCUT2D eigenvalue weighted by Gasteiger charge is -2.30. The predicted octanol–water partition coefficient (Wildman–Crippen LogP) is 4.44. The number of nitrogens with two attached hydrogens (primary N) is 1. The lowest BCUT2D eigenvalue weighted by molar-refractivity contribution is 0.476. The largest absolute Gasteiger partial charge is 0.369 e. The van der Waals surface area contributed by atoms with Crippen LogP contribution in [0, 0.1) is 5.82 Å². The van der Waals surface area contributed by atoms with Gasteiger partial charge in [-0.2, -0.15) is 11.8 Å². The molecule has 0 aliphatic carbocycles. The molecule has 0 atom stereocenters. The van der Waals surface area contributed by atoms with Crippen molar-refractivity contribution < 1.29 is 4.39 Å². The monoisotopic (exact) mass is 359 g/mol. The fraction of sp³-hybridized carbons (Fsp3) is 0.500. The first-order valence-corrected chi connectivity index (χ1v) is 8.64. The molecule has 110 valence electrons. The molecule has 2 N–H and O–H groups in total. The molecule has 0 unspecified atom stereocenters. The van der Waals surface area contributed by atoms with Crippen LogP contribution >= 0.6 is 27.7 Å². The Morgan fingerprint density at radius 3 is 2.60 bits per heavy atom. The molecule has 20 heavy (non-hydrogen) atoms. The lowest BCUT2D eigenvalue weighted by atomic mass is 10.0. The van der Waals surface area contributed by atoms with E-state index in [2.05, 4.69) is 41.0 Å². The number of anilines is 1. The average molecular weight is 360 g/mol. The van der Waals surface area contributed by atoms with Crippen molar-refractivity contribution in [2.45, 2.75) is 38.0 Å². The molecule has 0 spiro atoms. The molecule has 2 aromatic rings. The van der Waals surface area contributed by atoms with Crippen LogP contribution in [-0.4, -0.2) is 20.6 Å². The number of nitrogen functional groups attached to an aromatic ring is 1. The maximum absolute atomic E-state index is 13.6. The lowest BCUT2D eigenvalue weighted by Crippen LogP contribution is -2.29. The quantitative estimate of drug-likeness (QED) is 0.857. The third kappa shape index (κ3) is 2.68. The maximum Gasteiger partial charge on any atom is 0.201 e. The van der Waals surface area contributed by atoms with Gasteiger partial charge in [-0.25, -0.2) is 9.37 Å². The number of thioether (sulfide) groups is 1. The Morgan fingerprint density at radius 2 is 2.05 bits per heavy atom. The standard InChI is InChI=1S/C14H19BrFN3S/c1-4-14(5-2,20-3)8-19-12-6-9(15)10(16)7-11(12)18-13(19)17/h6-7H,4-5,8H2,1-3H3,(H2,17,18). The molecule has 1 aromatic carbocycles. The Morgan fingerprint density at radius 1 is 1.40 bits per heavy atom. The van der Waals surface area contributed by atoms with Gasteiger partial charge in [0.15, 0.2) is 0 Å². The van der Waals surface area contributed by atoms with E-state index in [4.69, 9.17) is 5.73 Å². The zero-order valence-corrected chi connectivity index (χ0v) is 14.3. The van der Waals surface area contributed by atoms with Crippen molar-refractivity contribution in [3.63, 3.8) is 0 Å². The fourth-order valence-corrected chi connectivity index (χ4v) is 3.59. The van der Waals surface area contributed by atoms with E-state index in [0.717, 1.165) is 24.9 Å². The zero-order chi connectivity index (χ0) is 14.9. The van der Waals surface area contributed by atoms with Gasteiger partial charge >= 0.3 is 0 Å². The highest BCUT2D eigenvalue weighted by atomic mass is 79.9. The van der Waals surface area contributed by atoms with Crippen LogP contribution < -0.4 is 5.73 Å². The van der Waals surface area contributed by atoms with Gasteiger partial charge in [0.05, 0.1) is 15.5 Å². The van der Waals surface area contributed by atoms with Gasteiger partial charge < -0.3 is 10.3 Å². The first-order valence-electron chi connectivity index (χ1n) is 6.62. The molecule has 1 aromatic heterocycles. The van der Waals surface area contributed by atoms with Gasteiger partial charge in [-0.05, 0) is 41.1 Å². The fourth-order valence-electron chi connectivity index (χ4n) is 2.42. The second-order valence-electron chi connectivity index (χ2n) is 4.91. The summed E-state index contributed by atoms with van der Waals surface area (Å²) in [6.45, 7) is 5.15. The molecule has 1 heterocycles. The third-order valence-corrected chi connectivity index (χ3v) is 6.17. The number of rotatable bonds is 5. The van der Waals surface area contributed by atoms with Gasteiger partial charge in [-0.15, -0.1) is 0 Å². The Kier molecular flexibility index (Phi) is 4.64. The maximum atomic E-state index is 13.6. The van der Waals surface area contributed by atoms with E-state index in [1.807, 2.05) is 16.3 Å². The highest BCUT2D eigenvalue weighted by Gasteiger charge is 2.27. The number of fused-ring (bicyclic) bond motifs is 1. The van der Waals surface area contributed by atoms with Gasteiger partial charge in [-0.3, -0.25) is 0 Å². The van der Waals surface area contributed by atoms with Crippen molar-refractivity contribution in [2.75, 3.05) is 12.0 Å². The van der Waals surface area contributed by atoms with E-state index >= 15 is 0 Å². The third-order valence-electron chi connectivity index (χ3n) is 3.99. The summed E-state index contributed by atoms with van der Waals surface area (Å²) in [5.41, 5.74) is 7.50. The van der Waals surface area contributed by atoms with Gasteiger partial charge in [0.2, 0.25) is 5.95 Å². The van der Waals surface area contributed by atoms with Crippen molar-refractivity contribution >= 4 is 44.7 Å². The number of nitrogens with zero attached hydrogens (tertiary/aromatic N) is 2. The van der Waals surface area contributed by atoms with Crippen molar-refractivity contribution in [3.05, 3.63) is 22.4 Å². The topological polar surface area (TPSA) is 43.8 Å². The molecule has 0 radical (unpaired) electrons. The van der Waals surface area contributed by atoms with Crippen LogP contribution in [0.5, 0.6) is 0 Å². The van der Waals surface area contributed by atoms with Crippen molar-refractivity contribution in [2.24, 2.45) is 0 Å². The van der Waals surface area contributed by atoms with Crippen LogP contribution in [0.2, 0.25) is 0 Å². The summed E-state index contributed by atoms with van der Waals surface area (Å²) in [6.07, 6.45) is 4.22. The number of halogens is 2. The molecule has 0 saturated carbocycles. The predicted molar refractivity (Wildman–Crippen MR) is 88.6 cm³/mol. The molecular formula is C14H19BrFN3S. The van der Waals surface area contributed by atoms with E-state index in [9.17, 15) is 4.39 Å². The summed E-state index contributed by atoms with van der Waals surface area (Å²) < 4.78 is 16.1. The molecule has 0 saturated heterocycles. The van der Waals surface area contributed by atoms with E-state index in [1.165, 1.54) is 6.07 Å². The van der Waals surface area contributed by atoms with Crippen LogP contribution in [-0.2, 0) is 6.54 Å². The molecule has 0 aliphatic rings. The Balaban J connectivity index is 2.54. The summed E-state index contributed by atoms with van der Waals surface area (Å²) in [5, 5.41) is 0. The minimum atomic E-state index is -0.315. The van der Waals surface area contributed by atoms with Gasteiger partial charge in [0.25, 0.3) is 0 Å². The highest BCUT2D eigenvalue weighted by Crippen LogP contribution is 2.35. The number of benzene rings is 1. The minimum Gasteiger partial charge on any atom is -0.369 e. The first kappa shape index (κ1) is 15.6. The highest BCUT2D eigenvalue weighted by molar-refractivity contribution is 9.10. The summed E-state index contributed by atoms with van der Waals surface area (Å²) >= 11 is 5.08. The van der Waals surface area contributed by atoms with Crippen LogP contribution in [0.1, 0.15) is 26.7 Å². The van der Waals surface area contributed by atoms with Gasteiger partial charge in [-0.1, -0.05) is 13.8 Å². The number of aromatic nitrogens is 2. The van der Waals surface area contributed by atoms with Crippen molar-refractivity contribution in [1.29, 1.82) is 0 Å². The zero-order valence-electron chi connectivity index (χ0n) is 11.9. The number of hydrogen-bond donors (Lipinski definition) is 1. The summed E-state index contributed by atoms with van der Waals surface area (Å²) in [4.78, 5) is 4.27. The molecule has 0 aliphatic heterocycles. The van der Waals surface area contributed by atoms with Gasteiger partial charge in [0.1, 0.15) is 5.82 Å². The SMILES string of the molecule is CCC(CC)(Cn1c(N)nc2cc(F)c(Br)cc21)SC. The smallest absolute Gasteiger partial charge is 0.201 e.